The van der Waals surface area contributed by atoms with Crippen LogP contribution in [0, 0.1) is 5.92 Å². The maximum absolute atomic E-state index is 11.7. The van der Waals surface area contributed by atoms with Gasteiger partial charge in [-0.15, -0.1) is 0 Å². The molecule has 1 aliphatic rings. The Kier molecular flexibility index (Phi) is 4.18. The van der Waals surface area contributed by atoms with Crippen molar-refractivity contribution in [3.05, 3.63) is 35.9 Å². The second kappa shape index (κ2) is 6.04. The Morgan fingerprint density at radius 1 is 1.37 bits per heavy atom. The van der Waals surface area contributed by atoms with Crippen LogP contribution in [-0.2, 0) is 0 Å². The van der Waals surface area contributed by atoms with Gasteiger partial charge in [0, 0.05) is 12.3 Å². The molecule has 3 N–H and O–H groups in total. The van der Waals surface area contributed by atoms with E-state index in [1.165, 1.54) is 12.1 Å². The zero-order valence-corrected chi connectivity index (χ0v) is 10.4. The third-order valence-electron chi connectivity index (χ3n) is 2.99. The van der Waals surface area contributed by atoms with Crippen LogP contribution in [0.5, 0.6) is 11.5 Å². The van der Waals surface area contributed by atoms with Crippen LogP contribution in [0.15, 0.2) is 35.5 Å². The predicted molar refractivity (Wildman–Crippen MR) is 72.2 cm³/mol. The van der Waals surface area contributed by atoms with Crippen molar-refractivity contribution in [1.29, 1.82) is 0 Å². The number of carbonyl (C=O) groups excluding carboxylic acids is 1. The Morgan fingerprint density at radius 2 is 2.21 bits per heavy atom. The van der Waals surface area contributed by atoms with E-state index in [1.54, 1.807) is 6.21 Å². The van der Waals surface area contributed by atoms with Crippen molar-refractivity contribution >= 4 is 12.1 Å². The standard InChI is InChI=1S/C14H16N2O3/c17-11-6-7-12(13(18)8-11)14(19)16-15-9-10-4-2-1-3-5-10/h1-2,6-10,17-18H,3-5H2,(H,16,19)/b15-9-/t10-/m1/s1. The van der Waals surface area contributed by atoms with E-state index in [2.05, 4.69) is 22.7 Å². The van der Waals surface area contributed by atoms with Crippen LogP contribution in [0.4, 0.5) is 0 Å². The van der Waals surface area contributed by atoms with Crippen molar-refractivity contribution in [2.45, 2.75) is 19.3 Å². The molecule has 0 radical (unpaired) electrons. The van der Waals surface area contributed by atoms with Crippen LogP contribution in [0.1, 0.15) is 29.6 Å². The van der Waals surface area contributed by atoms with Crippen molar-refractivity contribution < 1.29 is 15.0 Å². The zero-order chi connectivity index (χ0) is 13.7. The predicted octanol–water partition coefficient (Wildman–Crippen LogP) is 2.17. The Morgan fingerprint density at radius 3 is 2.89 bits per heavy atom. The zero-order valence-electron chi connectivity index (χ0n) is 10.4. The smallest absolute Gasteiger partial charge is 0.275 e. The van der Waals surface area contributed by atoms with E-state index in [9.17, 15) is 9.90 Å². The lowest BCUT2D eigenvalue weighted by molar-refractivity contribution is 0.0952. The van der Waals surface area contributed by atoms with Crippen LogP contribution < -0.4 is 5.43 Å². The van der Waals surface area contributed by atoms with E-state index >= 15 is 0 Å². The van der Waals surface area contributed by atoms with Gasteiger partial charge < -0.3 is 10.2 Å². The van der Waals surface area contributed by atoms with Crippen molar-refractivity contribution in [1.82, 2.24) is 5.43 Å². The number of hydrazone groups is 1. The monoisotopic (exact) mass is 260 g/mol. The molecule has 0 saturated carbocycles. The van der Waals surface area contributed by atoms with E-state index in [1.807, 2.05) is 0 Å². The van der Waals surface area contributed by atoms with Gasteiger partial charge in [0.05, 0.1) is 5.56 Å². The van der Waals surface area contributed by atoms with Gasteiger partial charge >= 0.3 is 0 Å². The third kappa shape index (κ3) is 3.58. The molecule has 0 heterocycles. The van der Waals surface area contributed by atoms with Gasteiger partial charge in [0.2, 0.25) is 0 Å². The number of aromatic hydroxyl groups is 2. The largest absolute Gasteiger partial charge is 0.508 e. The van der Waals surface area contributed by atoms with Crippen LogP contribution in [0.2, 0.25) is 0 Å². The van der Waals surface area contributed by atoms with Crippen molar-refractivity contribution in [3.63, 3.8) is 0 Å². The number of nitrogens with zero attached hydrogens (tertiary/aromatic N) is 1. The fourth-order valence-corrected chi connectivity index (χ4v) is 1.93. The van der Waals surface area contributed by atoms with Gasteiger partial charge in [-0.2, -0.15) is 5.10 Å². The molecule has 0 unspecified atom stereocenters. The molecule has 5 heteroatoms. The normalized spacial score (nSPS) is 18.6. The lowest BCUT2D eigenvalue weighted by Crippen LogP contribution is -2.18. The lowest BCUT2D eigenvalue weighted by atomic mass is 9.96. The van der Waals surface area contributed by atoms with Gasteiger partial charge in [-0.05, 0) is 37.3 Å². The summed E-state index contributed by atoms with van der Waals surface area (Å²) in [7, 11) is 0. The van der Waals surface area contributed by atoms with Gasteiger partial charge in [0.25, 0.3) is 5.91 Å². The summed E-state index contributed by atoms with van der Waals surface area (Å²) >= 11 is 0. The highest BCUT2D eigenvalue weighted by Gasteiger charge is 2.11. The first kappa shape index (κ1) is 13.1. The molecule has 1 atom stereocenters. The summed E-state index contributed by atoms with van der Waals surface area (Å²) in [5.74, 6) is -0.515. The minimum absolute atomic E-state index is 0.0819. The number of phenolic OH excluding ortho intramolecular Hbond substituents is 2. The highest BCUT2D eigenvalue weighted by molar-refractivity contribution is 5.97. The molecular weight excluding hydrogens is 244 g/mol. The summed E-state index contributed by atoms with van der Waals surface area (Å²) in [6.07, 6.45) is 8.96. The SMILES string of the molecule is O=C(N/N=C\[C@@H]1CC=CCC1)c1ccc(O)cc1O. The number of amides is 1. The summed E-state index contributed by atoms with van der Waals surface area (Å²) in [6.45, 7) is 0. The second-order valence-corrected chi connectivity index (χ2v) is 4.47. The van der Waals surface area contributed by atoms with E-state index < -0.39 is 5.91 Å². The Labute approximate surface area is 111 Å². The number of benzene rings is 1. The first-order chi connectivity index (χ1) is 9.16. The molecule has 2 rings (SSSR count). The Bertz CT molecular complexity index is 523. The Hall–Kier alpha value is -2.30. The summed E-state index contributed by atoms with van der Waals surface area (Å²) in [4.78, 5) is 11.7. The topological polar surface area (TPSA) is 81.9 Å². The summed E-state index contributed by atoms with van der Waals surface area (Å²) in [5.41, 5.74) is 2.45. The van der Waals surface area contributed by atoms with Crippen LogP contribution >= 0.6 is 0 Å². The number of allylic oxidation sites excluding steroid dienone is 2. The first-order valence-corrected chi connectivity index (χ1v) is 6.17. The van der Waals surface area contributed by atoms with E-state index in [-0.39, 0.29) is 17.1 Å². The molecule has 1 aromatic rings. The fraction of sp³-hybridized carbons (Fsp3) is 0.286. The number of hydrogen-bond acceptors (Lipinski definition) is 4. The van der Waals surface area contributed by atoms with E-state index in [0.717, 1.165) is 25.3 Å². The summed E-state index contributed by atoms with van der Waals surface area (Å²) in [5, 5.41) is 22.6. The third-order valence-corrected chi connectivity index (χ3v) is 2.99. The average molecular weight is 260 g/mol. The lowest BCUT2D eigenvalue weighted by Gasteiger charge is -2.11. The molecule has 1 aromatic carbocycles. The highest BCUT2D eigenvalue weighted by Crippen LogP contribution is 2.22. The van der Waals surface area contributed by atoms with E-state index in [0.29, 0.717) is 5.92 Å². The molecule has 0 aromatic heterocycles. The molecular formula is C14H16N2O3. The molecule has 0 saturated heterocycles. The van der Waals surface area contributed by atoms with Gasteiger partial charge in [-0.3, -0.25) is 4.79 Å². The number of nitrogens with one attached hydrogen (secondary N) is 1. The molecule has 1 aliphatic carbocycles. The van der Waals surface area contributed by atoms with Crippen LogP contribution in [0.3, 0.4) is 0 Å². The molecule has 0 fully saturated rings. The highest BCUT2D eigenvalue weighted by atomic mass is 16.3. The quantitative estimate of drug-likeness (QED) is 0.442. The number of carbonyl (C=O) groups is 1. The number of hydrogen-bond donors (Lipinski definition) is 3. The van der Waals surface area contributed by atoms with Crippen molar-refractivity contribution in [2.24, 2.45) is 11.0 Å². The average Bonchev–Trinajstić information content (AvgIpc) is 2.39. The molecule has 19 heavy (non-hydrogen) atoms. The fourth-order valence-electron chi connectivity index (χ4n) is 1.93. The molecule has 0 bridgehead atoms. The maximum Gasteiger partial charge on any atom is 0.275 e. The van der Waals surface area contributed by atoms with Crippen LogP contribution in [-0.4, -0.2) is 22.3 Å². The first-order valence-electron chi connectivity index (χ1n) is 6.17. The van der Waals surface area contributed by atoms with E-state index in [4.69, 9.17) is 5.11 Å². The van der Waals surface area contributed by atoms with Gasteiger partial charge in [-0.25, -0.2) is 5.43 Å². The minimum atomic E-state index is -0.500. The maximum atomic E-state index is 11.7. The molecule has 100 valence electrons. The summed E-state index contributed by atoms with van der Waals surface area (Å²) in [6, 6.07) is 3.80. The van der Waals surface area contributed by atoms with Crippen molar-refractivity contribution in [2.75, 3.05) is 0 Å². The number of rotatable bonds is 3. The van der Waals surface area contributed by atoms with Gasteiger partial charge in [0.1, 0.15) is 11.5 Å². The number of phenols is 2. The van der Waals surface area contributed by atoms with Crippen molar-refractivity contribution in [3.8, 4) is 11.5 Å². The second-order valence-electron chi connectivity index (χ2n) is 4.47. The van der Waals surface area contributed by atoms with Gasteiger partial charge in [-0.1, -0.05) is 12.2 Å². The van der Waals surface area contributed by atoms with Gasteiger partial charge in [0.15, 0.2) is 0 Å². The molecule has 0 aliphatic heterocycles. The Balaban J connectivity index is 1.93. The minimum Gasteiger partial charge on any atom is -0.508 e. The van der Waals surface area contributed by atoms with Crippen LogP contribution in [0.25, 0.3) is 0 Å². The molecule has 5 nitrogen and oxygen atoms in total. The summed E-state index contributed by atoms with van der Waals surface area (Å²) < 4.78 is 0. The molecule has 1 amide bonds. The molecule has 0 spiro atoms.